The van der Waals surface area contributed by atoms with Crippen molar-refractivity contribution in [1.29, 1.82) is 0 Å². The number of rotatable bonds is 8. The van der Waals surface area contributed by atoms with E-state index in [2.05, 4.69) is 5.32 Å². The maximum atomic E-state index is 11.9. The summed E-state index contributed by atoms with van der Waals surface area (Å²) in [4.78, 5) is 11.9. The van der Waals surface area contributed by atoms with E-state index in [1.165, 1.54) is 10.6 Å². The molecule has 5 nitrogen and oxygen atoms in total. The Kier molecular flexibility index (Phi) is 7.32. The summed E-state index contributed by atoms with van der Waals surface area (Å²) in [5.41, 5.74) is 1.54. The number of sulfonamides is 1. The molecule has 1 N–H and O–H groups in total. The third-order valence-corrected chi connectivity index (χ3v) is 4.98. The standard InChI is InChI=1S/C15H23ClN2O3S/c1-4-5-9-18(22(3,20)21)10-8-15(19)17-13-7-6-12(2)14(16)11-13/h6-7,11H,4-5,8-10H2,1-3H3,(H,17,19). The minimum atomic E-state index is -3.29. The third kappa shape index (κ3) is 6.34. The molecule has 1 rings (SSSR count). The van der Waals surface area contributed by atoms with Gasteiger partial charge in [-0.25, -0.2) is 12.7 Å². The second kappa shape index (κ2) is 8.50. The lowest BCUT2D eigenvalue weighted by Crippen LogP contribution is -2.33. The lowest BCUT2D eigenvalue weighted by atomic mass is 10.2. The number of benzene rings is 1. The maximum absolute atomic E-state index is 11.9. The lowest BCUT2D eigenvalue weighted by Gasteiger charge is -2.19. The van der Waals surface area contributed by atoms with E-state index in [0.717, 1.165) is 18.4 Å². The van der Waals surface area contributed by atoms with Crippen molar-refractivity contribution in [3.8, 4) is 0 Å². The number of anilines is 1. The highest BCUT2D eigenvalue weighted by Crippen LogP contribution is 2.20. The van der Waals surface area contributed by atoms with Gasteiger partial charge in [-0.15, -0.1) is 0 Å². The number of nitrogens with one attached hydrogen (secondary N) is 1. The molecular weight excluding hydrogens is 324 g/mol. The van der Waals surface area contributed by atoms with Crippen LogP contribution in [0.2, 0.25) is 5.02 Å². The summed E-state index contributed by atoms with van der Waals surface area (Å²) in [6, 6.07) is 5.27. The first-order valence-corrected chi connectivity index (χ1v) is 9.47. The first-order chi connectivity index (χ1) is 10.2. The highest BCUT2D eigenvalue weighted by molar-refractivity contribution is 7.88. The molecule has 0 aliphatic rings. The van der Waals surface area contributed by atoms with Crippen LogP contribution in [0, 0.1) is 6.92 Å². The molecule has 0 unspecified atom stereocenters. The Morgan fingerprint density at radius 2 is 2.00 bits per heavy atom. The monoisotopic (exact) mass is 346 g/mol. The zero-order valence-corrected chi connectivity index (χ0v) is 14.8. The molecule has 7 heteroatoms. The van der Waals surface area contributed by atoms with Gasteiger partial charge in [0.05, 0.1) is 6.26 Å². The molecule has 1 aromatic rings. The number of unbranched alkanes of at least 4 members (excludes halogenated alkanes) is 1. The predicted octanol–water partition coefficient (Wildman–Crippen LogP) is 3.04. The maximum Gasteiger partial charge on any atom is 0.225 e. The number of carbonyl (C=O) groups excluding carboxylic acids is 1. The molecule has 0 aromatic heterocycles. The number of carbonyl (C=O) groups is 1. The topological polar surface area (TPSA) is 66.5 Å². The van der Waals surface area contributed by atoms with Crippen molar-refractivity contribution in [1.82, 2.24) is 4.31 Å². The summed E-state index contributed by atoms with van der Waals surface area (Å²) >= 11 is 6.00. The van der Waals surface area contributed by atoms with Gasteiger partial charge in [-0.2, -0.15) is 0 Å². The molecule has 0 atom stereocenters. The number of hydrogen-bond donors (Lipinski definition) is 1. The Labute approximate surface area is 137 Å². The first-order valence-electron chi connectivity index (χ1n) is 7.25. The van der Waals surface area contributed by atoms with E-state index in [1.54, 1.807) is 12.1 Å². The van der Waals surface area contributed by atoms with Crippen LogP contribution in [-0.4, -0.2) is 38.0 Å². The molecule has 1 amide bonds. The zero-order chi connectivity index (χ0) is 16.8. The summed E-state index contributed by atoms with van der Waals surface area (Å²) in [7, 11) is -3.29. The van der Waals surface area contributed by atoms with Gasteiger partial charge in [0, 0.05) is 30.2 Å². The quantitative estimate of drug-likeness (QED) is 0.786. The first kappa shape index (κ1) is 18.9. The normalized spacial score (nSPS) is 11.7. The molecule has 0 aliphatic heterocycles. The van der Waals surface area contributed by atoms with Gasteiger partial charge in [-0.3, -0.25) is 4.79 Å². The van der Waals surface area contributed by atoms with Crippen LogP contribution in [0.15, 0.2) is 18.2 Å². The van der Waals surface area contributed by atoms with Gasteiger partial charge >= 0.3 is 0 Å². The molecule has 22 heavy (non-hydrogen) atoms. The van der Waals surface area contributed by atoms with Crippen molar-refractivity contribution >= 4 is 33.2 Å². The molecule has 0 bridgehead atoms. The minimum absolute atomic E-state index is 0.113. The van der Waals surface area contributed by atoms with Gasteiger partial charge in [-0.1, -0.05) is 31.0 Å². The van der Waals surface area contributed by atoms with Crippen molar-refractivity contribution in [3.63, 3.8) is 0 Å². The van der Waals surface area contributed by atoms with Crippen LogP contribution in [0.4, 0.5) is 5.69 Å². The van der Waals surface area contributed by atoms with Crippen LogP contribution in [-0.2, 0) is 14.8 Å². The van der Waals surface area contributed by atoms with Crippen molar-refractivity contribution in [2.45, 2.75) is 33.1 Å². The highest BCUT2D eigenvalue weighted by Gasteiger charge is 2.17. The molecular formula is C15H23ClN2O3S. The number of nitrogens with zero attached hydrogens (tertiary/aromatic N) is 1. The fourth-order valence-electron chi connectivity index (χ4n) is 1.90. The van der Waals surface area contributed by atoms with Crippen LogP contribution >= 0.6 is 11.6 Å². The van der Waals surface area contributed by atoms with Crippen LogP contribution in [0.25, 0.3) is 0 Å². The molecule has 0 heterocycles. The number of halogens is 1. The van der Waals surface area contributed by atoms with Gasteiger partial charge in [-0.05, 0) is 31.0 Å². The predicted molar refractivity (Wildman–Crippen MR) is 90.8 cm³/mol. The van der Waals surface area contributed by atoms with Crippen LogP contribution < -0.4 is 5.32 Å². The molecule has 1 aromatic carbocycles. The van der Waals surface area contributed by atoms with Gasteiger partial charge < -0.3 is 5.32 Å². The van der Waals surface area contributed by atoms with Crippen molar-refractivity contribution < 1.29 is 13.2 Å². The average molecular weight is 347 g/mol. The fraction of sp³-hybridized carbons (Fsp3) is 0.533. The van der Waals surface area contributed by atoms with E-state index in [4.69, 9.17) is 11.6 Å². The van der Waals surface area contributed by atoms with E-state index >= 15 is 0 Å². The van der Waals surface area contributed by atoms with Gasteiger partial charge in [0.1, 0.15) is 0 Å². The number of aryl methyl sites for hydroxylation is 1. The van der Waals surface area contributed by atoms with Crippen LogP contribution in [0.1, 0.15) is 31.7 Å². The molecule has 0 spiro atoms. The minimum Gasteiger partial charge on any atom is -0.326 e. The lowest BCUT2D eigenvalue weighted by molar-refractivity contribution is -0.116. The highest BCUT2D eigenvalue weighted by atomic mass is 35.5. The average Bonchev–Trinajstić information content (AvgIpc) is 2.41. The second-order valence-corrected chi connectivity index (χ2v) is 7.67. The zero-order valence-electron chi connectivity index (χ0n) is 13.2. The van der Waals surface area contributed by atoms with Gasteiger partial charge in [0.15, 0.2) is 0 Å². The Bertz CT molecular complexity index is 617. The summed E-state index contributed by atoms with van der Waals surface area (Å²) in [6.07, 6.45) is 2.96. The molecule has 0 saturated heterocycles. The summed E-state index contributed by atoms with van der Waals surface area (Å²) in [5.74, 6) is -0.231. The Balaban J connectivity index is 2.58. The van der Waals surface area contributed by atoms with Crippen molar-refractivity contribution in [2.24, 2.45) is 0 Å². The van der Waals surface area contributed by atoms with Crippen molar-refractivity contribution in [3.05, 3.63) is 28.8 Å². The largest absolute Gasteiger partial charge is 0.326 e. The molecule has 0 radical (unpaired) electrons. The summed E-state index contributed by atoms with van der Waals surface area (Å²) in [5, 5.41) is 3.31. The van der Waals surface area contributed by atoms with E-state index in [-0.39, 0.29) is 18.9 Å². The number of amides is 1. The molecule has 0 saturated carbocycles. The van der Waals surface area contributed by atoms with Crippen molar-refractivity contribution in [2.75, 3.05) is 24.7 Å². The van der Waals surface area contributed by atoms with E-state index in [0.29, 0.717) is 17.3 Å². The Morgan fingerprint density at radius 3 is 2.55 bits per heavy atom. The molecule has 0 fully saturated rings. The van der Waals surface area contributed by atoms with Gasteiger partial charge in [0.25, 0.3) is 0 Å². The Morgan fingerprint density at radius 1 is 1.32 bits per heavy atom. The number of hydrogen-bond acceptors (Lipinski definition) is 3. The fourth-order valence-corrected chi connectivity index (χ4v) is 2.96. The van der Waals surface area contributed by atoms with E-state index in [1.807, 2.05) is 19.9 Å². The van der Waals surface area contributed by atoms with Crippen LogP contribution in [0.3, 0.4) is 0 Å². The smallest absolute Gasteiger partial charge is 0.225 e. The van der Waals surface area contributed by atoms with E-state index in [9.17, 15) is 13.2 Å². The molecule has 0 aliphatic carbocycles. The van der Waals surface area contributed by atoms with Crippen LogP contribution in [0.5, 0.6) is 0 Å². The third-order valence-electron chi connectivity index (χ3n) is 3.27. The molecule has 124 valence electrons. The SMILES string of the molecule is CCCCN(CCC(=O)Nc1ccc(C)c(Cl)c1)S(C)(=O)=O. The summed E-state index contributed by atoms with van der Waals surface area (Å²) < 4.78 is 24.7. The van der Waals surface area contributed by atoms with E-state index < -0.39 is 10.0 Å². The second-order valence-electron chi connectivity index (χ2n) is 5.28. The Hall–Kier alpha value is -1.11. The summed E-state index contributed by atoms with van der Waals surface area (Å²) in [6.45, 7) is 4.50. The van der Waals surface area contributed by atoms with Gasteiger partial charge in [0.2, 0.25) is 15.9 Å².